The Hall–Kier alpha value is -1.29. The third-order valence-electron chi connectivity index (χ3n) is 1.86. The second kappa shape index (κ2) is 4.09. The fraction of sp³-hybridized carbons (Fsp3) is 0.444. The minimum Gasteiger partial charge on any atom is -0.481 e. The van der Waals surface area contributed by atoms with Gasteiger partial charge in [-0.2, -0.15) is 0 Å². The Morgan fingerprint density at radius 3 is 2.77 bits per heavy atom. The first-order chi connectivity index (χ1) is 6.15. The monoisotopic (exact) mass is 183 g/mol. The van der Waals surface area contributed by atoms with E-state index in [1.165, 1.54) is 0 Å². The SMILES string of the molecule is Cc1ccc(C(CCN)C(=O)O)o1. The zero-order valence-electron chi connectivity index (χ0n) is 7.49. The maximum Gasteiger partial charge on any atom is 0.314 e. The highest BCUT2D eigenvalue weighted by molar-refractivity contribution is 5.75. The Balaban J connectivity index is 2.81. The average molecular weight is 183 g/mol. The largest absolute Gasteiger partial charge is 0.481 e. The minimum atomic E-state index is -0.889. The Morgan fingerprint density at radius 2 is 2.38 bits per heavy atom. The van der Waals surface area contributed by atoms with Crippen LogP contribution in [0.1, 0.15) is 23.9 Å². The number of furan rings is 1. The Bertz CT molecular complexity index is 293. The van der Waals surface area contributed by atoms with Gasteiger partial charge in [-0.1, -0.05) is 0 Å². The van der Waals surface area contributed by atoms with E-state index >= 15 is 0 Å². The van der Waals surface area contributed by atoms with E-state index in [1.54, 1.807) is 19.1 Å². The van der Waals surface area contributed by atoms with Crippen molar-refractivity contribution >= 4 is 5.97 Å². The summed E-state index contributed by atoms with van der Waals surface area (Å²) < 4.78 is 5.22. The van der Waals surface area contributed by atoms with Gasteiger partial charge in [0, 0.05) is 0 Å². The number of aliphatic carboxylic acids is 1. The molecule has 72 valence electrons. The van der Waals surface area contributed by atoms with Crippen molar-refractivity contribution in [3.8, 4) is 0 Å². The van der Waals surface area contributed by atoms with E-state index in [9.17, 15) is 4.79 Å². The van der Waals surface area contributed by atoms with Gasteiger partial charge in [-0.25, -0.2) is 0 Å². The number of hydrogen-bond acceptors (Lipinski definition) is 3. The number of aryl methyl sites for hydroxylation is 1. The molecule has 1 atom stereocenters. The van der Waals surface area contributed by atoms with E-state index in [-0.39, 0.29) is 0 Å². The molecule has 0 saturated carbocycles. The van der Waals surface area contributed by atoms with Crippen LogP contribution in [-0.2, 0) is 4.79 Å². The van der Waals surface area contributed by atoms with Crippen molar-refractivity contribution in [1.29, 1.82) is 0 Å². The van der Waals surface area contributed by atoms with Crippen molar-refractivity contribution in [3.63, 3.8) is 0 Å². The fourth-order valence-corrected chi connectivity index (χ4v) is 1.19. The quantitative estimate of drug-likeness (QED) is 0.732. The predicted octanol–water partition coefficient (Wildman–Crippen LogP) is 1.11. The van der Waals surface area contributed by atoms with Crippen molar-refractivity contribution < 1.29 is 14.3 Å². The van der Waals surface area contributed by atoms with Gasteiger partial charge in [0.15, 0.2) is 0 Å². The molecule has 0 fully saturated rings. The first kappa shape index (κ1) is 9.80. The van der Waals surface area contributed by atoms with Crippen LogP contribution in [-0.4, -0.2) is 17.6 Å². The third-order valence-corrected chi connectivity index (χ3v) is 1.86. The van der Waals surface area contributed by atoms with Gasteiger partial charge in [-0.3, -0.25) is 4.79 Å². The van der Waals surface area contributed by atoms with Gasteiger partial charge in [-0.15, -0.1) is 0 Å². The summed E-state index contributed by atoms with van der Waals surface area (Å²) in [5.74, 6) is -0.299. The summed E-state index contributed by atoms with van der Waals surface area (Å²) in [6, 6.07) is 3.44. The average Bonchev–Trinajstić information content (AvgIpc) is 2.46. The summed E-state index contributed by atoms with van der Waals surface area (Å²) in [6.45, 7) is 2.13. The molecule has 1 aromatic rings. The number of carboxylic acids is 1. The van der Waals surface area contributed by atoms with Crippen LogP contribution in [0.25, 0.3) is 0 Å². The number of rotatable bonds is 4. The summed E-state index contributed by atoms with van der Waals surface area (Å²) in [5, 5.41) is 8.85. The van der Waals surface area contributed by atoms with Crippen molar-refractivity contribution in [2.24, 2.45) is 5.73 Å². The molecule has 0 aliphatic heterocycles. The van der Waals surface area contributed by atoms with Crippen LogP contribution in [0.5, 0.6) is 0 Å². The standard InChI is InChI=1S/C9H13NO3/c1-6-2-3-8(13-6)7(4-5-10)9(11)12/h2-3,7H,4-5,10H2,1H3,(H,11,12). The van der Waals surface area contributed by atoms with Crippen LogP contribution in [0.3, 0.4) is 0 Å². The lowest BCUT2D eigenvalue weighted by molar-refractivity contribution is -0.139. The summed E-state index contributed by atoms with van der Waals surface area (Å²) in [7, 11) is 0. The first-order valence-corrected chi connectivity index (χ1v) is 4.14. The normalized spacial score (nSPS) is 12.8. The lowest BCUT2D eigenvalue weighted by atomic mass is 10.0. The molecule has 0 aromatic carbocycles. The Morgan fingerprint density at radius 1 is 1.69 bits per heavy atom. The van der Waals surface area contributed by atoms with Crippen molar-refractivity contribution in [2.75, 3.05) is 6.54 Å². The van der Waals surface area contributed by atoms with Gasteiger partial charge in [-0.05, 0) is 32.0 Å². The van der Waals surface area contributed by atoms with Gasteiger partial charge in [0.25, 0.3) is 0 Å². The molecule has 0 bridgehead atoms. The minimum absolute atomic E-state index is 0.344. The molecule has 0 radical (unpaired) electrons. The molecule has 0 aliphatic carbocycles. The Kier molecular flexibility index (Phi) is 3.08. The van der Waals surface area contributed by atoms with E-state index in [0.29, 0.717) is 18.7 Å². The molecule has 1 aromatic heterocycles. The highest BCUT2D eigenvalue weighted by atomic mass is 16.4. The molecular formula is C9H13NO3. The molecule has 4 nitrogen and oxygen atoms in total. The van der Waals surface area contributed by atoms with Crippen LogP contribution >= 0.6 is 0 Å². The van der Waals surface area contributed by atoms with Crippen molar-refractivity contribution in [1.82, 2.24) is 0 Å². The number of carboxylic acid groups (broad SMARTS) is 1. The first-order valence-electron chi connectivity index (χ1n) is 4.14. The molecule has 0 aliphatic rings. The van der Waals surface area contributed by atoms with E-state index in [4.69, 9.17) is 15.3 Å². The van der Waals surface area contributed by atoms with Crippen LogP contribution in [0.15, 0.2) is 16.5 Å². The third kappa shape index (κ3) is 2.32. The molecule has 0 saturated heterocycles. The number of hydrogen-bond donors (Lipinski definition) is 2. The van der Waals surface area contributed by atoms with Crippen molar-refractivity contribution in [2.45, 2.75) is 19.3 Å². The number of nitrogens with two attached hydrogens (primary N) is 1. The van der Waals surface area contributed by atoms with Gasteiger partial charge in [0.05, 0.1) is 0 Å². The summed E-state index contributed by atoms with van der Waals surface area (Å²) >= 11 is 0. The second-order valence-electron chi connectivity index (χ2n) is 2.92. The Labute approximate surface area is 76.3 Å². The van der Waals surface area contributed by atoms with Gasteiger partial charge < -0.3 is 15.3 Å². The fourth-order valence-electron chi connectivity index (χ4n) is 1.19. The molecular weight excluding hydrogens is 170 g/mol. The lowest BCUT2D eigenvalue weighted by Crippen LogP contribution is -2.15. The molecule has 1 rings (SSSR count). The smallest absolute Gasteiger partial charge is 0.314 e. The van der Waals surface area contributed by atoms with E-state index in [2.05, 4.69) is 0 Å². The molecule has 0 amide bonds. The van der Waals surface area contributed by atoms with Crippen LogP contribution in [0, 0.1) is 6.92 Å². The molecule has 0 spiro atoms. The molecule has 1 unspecified atom stereocenters. The highest BCUT2D eigenvalue weighted by Crippen LogP contribution is 2.21. The zero-order valence-corrected chi connectivity index (χ0v) is 7.49. The topological polar surface area (TPSA) is 76.5 Å². The van der Waals surface area contributed by atoms with E-state index in [0.717, 1.165) is 5.76 Å². The molecule has 4 heteroatoms. The summed E-state index contributed by atoms with van der Waals surface area (Å²) in [5.41, 5.74) is 5.31. The molecule has 3 N–H and O–H groups in total. The van der Waals surface area contributed by atoms with E-state index < -0.39 is 11.9 Å². The lowest BCUT2D eigenvalue weighted by Gasteiger charge is -2.06. The summed E-state index contributed by atoms with van der Waals surface area (Å²) in [4.78, 5) is 10.8. The highest BCUT2D eigenvalue weighted by Gasteiger charge is 2.21. The van der Waals surface area contributed by atoms with Gasteiger partial charge >= 0.3 is 5.97 Å². The maximum atomic E-state index is 10.8. The maximum absolute atomic E-state index is 10.8. The van der Waals surface area contributed by atoms with Crippen molar-refractivity contribution in [3.05, 3.63) is 23.7 Å². The second-order valence-corrected chi connectivity index (χ2v) is 2.92. The molecule has 1 heterocycles. The predicted molar refractivity (Wildman–Crippen MR) is 47.5 cm³/mol. The summed E-state index contributed by atoms with van der Waals surface area (Å²) in [6.07, 6.45) is 0.405. The molecule has 13 heavy (non-hydrogen) atoms. The van der Waals surface area contributed by atoms with E-state index in [1.807, 2.05) is 0 Å². The van der Waals surface area contributed by atoms with Crippen LogP contribution in [0.4, 0.5) is 0 Å². The zero-order chi connectivity index (χ0) is 9.84. The van der Waals surface area contributed by atoms with Crippen LogP contribution < -0.4 is 5.73 Å². The number of carbonyl (C=O) groups is 1. The van der Waals surface area contributed by atoms with Crippen LogP contribution in [0.2, 0.25) is 0 Å². The van der Waals surface area contributed by atoms with Gasteiger partial charge in [0.2, 0.25) is 0 Å². The van der Waals surface area contributed by atoms with Gasteiger partial charge in [0.1, 0.15) is 17.4 Å².